The molecule has 0 aliphatic heterocycles. The van der Waals surface area contributed by atoms with Crippen LogP contribution in [-0.4, -0.2) is 33.7 Å². The zero-order valence-electron chi connectivity index (χ0n) is 39.2. The maximum atomic E-state index is 13.3. The molecule has 2 aliphatic rings. The number of benzene rings is 2. The Morgan fingerprint density at radius 1 is 0.449 bits per heavy atom. The summed E-state index contributed by atoms with van der Waals surface area (Å²) in [6.45, 7) is 23.4. The molecule has 2 aromatic carbocycles. The van der Waals surface area contributed by atoms with Gasteiger partial charge in [-0.25, -0.2) is 47.3 Å². The van der Waals surface area contributed by atoms with Crippen molar-refractivity contribution in [1.29, 1.82) is 0 Å². The maximum absolute atomic E-state index is 13.3. The van der Waals surface area contributed by atoms with Crippen molar-refractivity contribution >= 4 is 80.8 Å². The van der Waals surface area contributed by atoms with Crippen LogP contribution in [0.4, 0.5) is 37.7 Å². The fourth-order valence-corrected chi connectivity index (χ4v) is 5.25. The van der Waals surface area contributed by atoms with E-state index in [1.54, 1.807) is 12.2 Å². The third kappa shape index (κ3) is 29.0. The summed E-state index contributed by atoms with van der Waals surface area (Å²) in [6, 6.07) is 10.1. The number of Topliss-reactive ketones (excluding diaryl/α,β-unsaturated/α-hetero) is 2. The summed E-state index contributed by atoms with van der Waals surface area (Å²) in [4.78, 5) is 34.0. The topological polar surface area (TPSA) is 243 Å². The Labute approximate surface area is 432 Å². The first-order chi connectivity index (χ1) is 30.2. The molecule has 392 valence electrons. The van der Waals surface area contributed by atoms with E-state index >= 15 is 0 Å². The van der Waals surface area contributed by atoms with Gasteiger partial charge in [-0.15, -0.1) is 66.9 Å². The Balaban J connectivity index is -0.000000951. The molecule has 0 fully saturated rings. The van der Waals surface area contributed by atoms with Crippen molar-refractivity contribution in [2.24, 2.45) is 31.6 Å². The largest absolute Gasteiger partial charge is 2.00 e. The van der Waals surface area contributed by atoms with Gasteiger partial charge in [0.2, 0.25) is 11.6 Å². The zero-order valence-corrected chi connectivity index (χ0v) is 44.7. The predicted molar refractivity (Wildman–Crippen MR) is 230 cm³/mol. The van der Waals surface area contributed by atoms with E-state index in [0.29, 0.717) is 11.1 Å². The van der Waals surface area contributed by atoms with Crippen LogP contribution in [0.15, 0.2) is 105 Å². The minimum absolute atomic E-state index is 0. The van der Waals surface area contributed by atoms with Gasteiger partial charge in [0.15, 0.2) is 0 Å². The Kier molecular flexibility index (Phi) is 29.5. The van der Waals surface area contributed by atoms with Gasteiger partial charge < -0.3 is 0 Å². The van der Waals surface area contributed by atoms with Crippen molar-refractivity contribution < 1.29 is 110 Å². The van der Waals surface area contributed by atoms with Gasteiger partial charge in [0.05, 0.1) is 33.2 Å². The normalized spacial score (nSPS) is 15.9. The van der Waals surface area contributed by atoms with Gasteiger partial charge in [-0.3, -0.25) is 9.59 Å². The van der Waals surface area contributed by atoms with E-state index in [1.165, 1.54) is 36.4 Å². The SMILES string of the molecule is CC(C)(C)C1=CC(=Nc2ccccc2C(F)(F)F)C(=O)C(C(C)(C)C)=C1.CC(C)(C)C1=CC(=Nc2ccccc2C(F)(F)F)C(=O)C(C(C)(C)C)=C1.ClCCl.ClCCl.[Ni+2].[O-][Cl+3]([O-])([O-])[O-].[O-][Cl+3]([O-])([O-])[O-]. The molecule has 0 radical (unpaired) electrons. The molecule has 0 spiro atoms. The second-order valence-corrected chi connectivity index (χ2v) is 21.1. The van der Waals surface area contributed by atoms with E-state index in [9.17, 15) is 35.9 Å². The molecule has 0 unspecified atom stereocenters. The van der Waals surface area contributed by atoms with Crippen molar-refractivity contribution in [3.8, 4) is 0 Å². The molecule has 0 amide bonds. The van der Waals surface area contributed by atoms with E-state index in [-0.39, 0.29) is 72.4 Å². The van der Waals surface area contributed by atoms with Gasteiger partial charge >= 0.3 is 28.8 Å². The summed E-state index contributed by atoms with van der Waals surface area (Å²) in [5, 5.41) is 0.389. The monoisotopic (exact) mass is 1150 g/mol. The molecule has 69 heavy (non-hydrogen) atoms. The molecular weight excluding hydrogens is 1100 g/mol. The summed E-state index contributed by atoms with van der Waals surface area (Å²) in [5.74, 6) is -0.662. The quantitative estimate of drug-likeness (QED) is 0.148. The van der Waals surface area contributed by atoms with Gasteiger partial charge in [0, 0.05) is 11.1 Å². The summed E-state index contributed by atoms with van der Waals surface area (Å²) in [6.07, 6.45) is -2.17. The van der Waals surface area contributed by atoms with Crippen molar-refractivity contribution in [2.75, 3.05) is 10.7 Å². The van der Waals surface area contributed by atoms with Gasteiger partial charge in [-0.2, -0.15) is 26.3 Å². The Bertz CT molecular complexity index is 2030. The second-order valence-electron chi connectivity index (χ2n) is 18.0. The summed E-state index contributed by atoms with van der Waals surface area (Å²) in [5.41, 5.74) is -0.682. The van der Waals surface area contributed by atoms with Gasteiger partial charge in [-0.05, 0) is 69.2 Å². The van der Waals surface area contributed by atoms with E-state index in [1.807, 2.05) is 95.2 Å². The van der Waals surface area contributed by atoms with E-state index in [2.05, 4.69) is 9.98 Å². The van der Waals surface area contributed by atoms with Crippen LogP contribution in [-0.2, 0) is 38.4 Å². The van der Waals surface area contributed by atoms with Crippen LogP contribution >= 0.6 is 46.4 Å². The van der Waals surface area contributed by atoms with Crippen LogP contribution in [0.2, 0.25) is 0 Å². The average Bonchev–Trinajstić information content (AvgIpc) is 3.10. The minimum atomic E-state index is -4.94. The number of rotatable bonds is 2. The molecule has 0 saturated heterocycles. The third-order valence-corrected chi connectivity index (χ3v) is 8.39. The summed E-state index contributed by atoms with van der Waals surface area (Å²) in [7, 11) is -9.89. The first-order valence-electron chi connectivity index (χ1n) is 19.2. The predicted octanol–water partition coefficient (Wildman–Crippen LogP) is 5.94. The third-order valence-electron chi connectivity index (χ3n) is 8.39. The molecular formula is C44H52Cl6F6N2NiO10. The first-order valence-corrected chi connectivity index (χ1v) is 23.8. The molecule has 2 aliphatic carbocycles. The number of aliphatic imine (C=N–C) groups is 2. The second kappa shape index (κ2) is 28.7. The maximum Gasteiger partial charge on any atom is 2.00 e. The fraction of sp³-hybridized carbons (Fsp3) is 0.455. The molecule has 0 bridgehead atoms. The molecule has 0 saturated carbocycles. The number of hydrogen-bond donors (Lipinski definition) is 0. The first kappa shape index (κ1) is 70.8. The number of hydrogen-bond acceptors (Lipinski definition) is 12. The van der Waals surface area contributed by atoms with Crippen molar-refractivity contribution in [2.45, 2.75) is 95.4 Å². The number of halogens is 12. The Morgan fingerprint density at radius 2 is 0.667 bits per heavy atom. The van der Waals surface area contributed by atoms with Gasteiger partial charge in [-0.1, -0.05) is 120 Å². The standard InChI is InChI=1S/2C21H24F3NO.2CH2Cl2.2ClHO4.Ni/c2*1-19(2,3)13-11-15(20(4,5)6)18(26)17(12-13)25-16-10-8-7-9-14(16)21(22,23)24;2*2-1-3;2*2-1(3,4)5;/h2*7-12H,1-6H3;2*1H2;2*(H,2,3,4,5);/q;;;;;;+2/p-2. The molecule has 0 heterocycles. The van der Waals surface area contributed by atoms with Crippen molar-refractivity contribution in [3.05, 3.63) is 106 Å². The number of nitrogens with zero attached hydrogens (tertiary/aromatic N) is 2. The number of carbonyl (C=O) groups excluding carboxylic acids is 2. The average molecular weight is 1150 g/mol. The van der Waals surface area contributed by atoms with Crippen molar-refractivity contribution in [3.63, 3.8) is 0 Å². The van der Waals surface area contributed by atoms with E-state index < -0.39 is 54.8 Å². The smallest absolute Gasteiger partial charge is 0.287 e. The van der Waals surface area contributed by atoms with Crippen LogP contribution in [0, 0.1) is 42.1 Å². The summed E-state index contributed by atoms with van der Waals surface area (Å²) >= 11 is 19.1. The van der Waals surface area contributed by atoms with Crippen LogP contribution in [0.25, 0.3) is 0 Å². The molecule has 0 aromatic heterocycles. The Hall–Kier alpha value is -2.43. The molecule has 12 nitrogen and oxygen atoms in total. The van der Waals surface area contributed by atoms with Crippen molar-refractivity contribution in [1.82, 2.24) is 0 Å². The molecule has 4 rings (SSSR count). The van der Waals surface area contributed by atoms with Crippen LogP contribution in [0.1, 0.15) is 94.2 Å². The molecule has 2 aromatic rings. The van der Waals surface area contributed by atoms with Gasteiger partial charge in [0.25, 0.3) is 0 Å². The van der Waals surface area contributed by atoms with Crippen LogP contribution < -0.4 is 37.3 Å². The Morgan fingerprint density at radius 3 is 0.855 bits per heavy atom. The van der Waals surface area contributed by atoms with Gasteiger partial charge in [0.1, 0.15) is 11.4 Å². The van der Waals surface area contributed by atoms with Crippen LogP contribution in [0.5, 0.6) is 0 Å². The van der Waals surface area contributed by atoms with Crippen LogP contribution in [0.3, 0.4) is 0 Å². The minimum Gasteiger partial charge on any atom is -0.287 e. The number of ketones is 2. The number of allylic oxidation sites excluding steroid dienone is 8. The van der Waals surface area contributed by atoms with E-state index in [0.717, 1.165) is 23.3 Å². The molecule has 0 N–H and O–H groups in total. The molecule has 25 heteroatoms. The molecule has 0 atom stereocenters. The number of para-hydroxylation sites is 2. The number of carbonyl (C=O) groups is 2. The van der Waals surface area contributed by atoms with E-state index in [4.69, 9.17) is 83.7 Å². The fourth-order valence-electron chi connectivity index (χ4n) is 5.25. The zero-order chi connectivity index (χ0) is 54.2. The summed E-state index contributed by atoms with van der Waals surface area (Å²) < 4.78 is 147. The number of alkyl halides is 10.